The van der Waals surface area contributed by atoms with E-state index in [0.29, 0.717) is 11.6 Å². The third-order valence-electron chi connectivity index (χ3n) is 2.59. The Labute approximate surface area is 144 Å². The first kappa shape index (κ1) is 19.3. The summed E-state index contributed by atoms with van der Waals surface area (Å²) in [6.45, 7) is 3.57. The van der Waals surface area contributed by atoms with E-state index in [0.717, 1.165) is 0 Å². The molecule has 0 aromatic heterocycles. The topological polar surface area (TPSA) is 84.5 Å². The van der Waals surface area contributed by atoms with E-state index in [-0.39, 0.29) is 29.6 Å². The van der Waals surface area contributed by atoms with Crippen LogP contribution >= 0.6 is 23.2 Å². The normalized spacial score (nSPS) is 10.3. The van der Waals surface area contributed by atoms with E-state index in [4.69, 9.17) is 27.9 Å². The molecule has 0 fully saturated rings. The fourth-order valence-electron chi connectivity index (χ4n) is 1.47. The predicted octanol–water partition coefficient (Wildman–Crippen LogP) is 2.04. The van der Waals surface area contributed by atoms with Gasteiger partial charge in [0, 0.05) is 5.02 Å². The summed E-state index contributed by atoms with van der Waals surface area (Å²) in [5.41, 5.74) is 0.209. The molecule has 6 nitrogen and oxygen atoms in total. The predicted molar refractivity (Wildman–Crippen MR) is 87.6 cm³/mol. The Morgan fingerprint density at radius 1 is 1.13 bits per heavy atom. The Morgan fingerprint density at radius 2 is 1.83 bits per heavy atom. The highest BCUT2D eigenvalue weighted by atomic mass is 35.5. The molecule has 0 bridgehead atoms. The fourth-order valence-corrected chi connectivity index (χ4v) is 1.97. The Morgan fingerprint density at radius 3 is 2.43 bits per heavy atom. The van der Waals surface area contributed by atoms with Gasteiger partial charge in [-0.05, 0) is 24.1 Å². The number of benzene rings is 1. The van der Waals surface area contributed by atoms with Gasteiger partial charge < -0.3 is 15.4 Å². The van der Waals surface area contributed by atoms with E-state index < -0.39 is 17.8 Å². The van der Waals surface area contributed by atoms with Crippen molar-refractivity contribution < 1.29 is 19.1 Å². The van der Waals surface area contributed by atoms with Crippen molar-refractivity contribution in [3.05, 3.63) is 33.8 Å². The summed E-state index contributed by atoms with van der Waals surface area (Å²) in [6, 6.07) is 4.41. The Hall–Kier alpha value is -1.79. The average Bonchev–Trinajstić information content (AvgIpc) is 2.48. The minimum atomic E-state index is -0.529. The number of ether oxygens (including phenoxy) is 1. The Kier molecular flexibility index (Phi) is 7.85. The number of amides is 2. The molecular weight excluding hydrogens is 343 g/mol. The quantitative estimate of drug-likeness (QED) is 0.728. The molecule has 0 aliphatic carbocycles. The molecule has 0 saturated carbocycles. The first-order chi connectivity index (χ1) is 10.8. The lowest BCUT2D eigenvalue weighted by atomic mass is 10.2. The molecule has 0 saturated heterocycles. The van der Waals surface area contributed by atoms with Gasteiger partial charge >= 0.3 is 5.97 Å². The van der Waals surface area contributed by atoms with Gasteiger partial charge in [-0.15, -0.1) is 0 Å². The first-order valence-electron chi connectivity index (χ1n) is 6.95. The van der Waals surface area contributed by atoms with Crippen LogP contribution in [0.4, 0.5) is 0 Å². The average molecular weight is 361 g/mol. The highest BCUT2D eigenvalue weighted by Gasteiger charge is 2.13. The van der Waals surface area contributed by atoms with E-state index in [1.807, 2.05) is 13.8 Å². The summed E-state index contributed by atoms with van der Waals surface area (Å²) >= 11 is 11.6. The summed E-state index contributed by atoms with van der Waals surface area (Å²) in [4.78, 5) is 34.8. The molecule has 1 aromatic carbocycles. The van der Waals surface area contributed by atoms with Crippen LogP contribution in [0, 0.1) is 5.92 Å². The van der Waals surface area contributed by atoms with Gasteiger partial charge in [0.15, 0.2) is 0 Å². The van der Waals surface area contributed by atoms with E-state index in [1.165, 1.54) is 18.2 Å². The van der Waals surface area contributed by atoms with Crippen LogP contribution in [0.5, 0.6) is 0 Å². The van der Waals surface area contributed by atoms with E-state index >= 15 is 0 Å². The zero-order chi connectivity index (χ0) is 17.4. The first-order valence-corrected chi connectivity index (χ1v) is 7.70. The molecule has 126 valence electrons. The molecule has 8 heteroatoms. The standard InChI is InChI=1S/C15H18Cl2N2O4/c1-9(2)8-23-14(21)7-18-13(20)6-19-15(22)11-4-3-10(16)5-12(11)17/h3-5,9H,6-8H2,1-2H3,(H,18,20)(H,19,22). The van der Waals surface area contributed by atoms with Gasteiger partial charge in [0.2, 0.25) is 5.91 Å². The van der Waals surface area contributed by atoms with E-state index in [2.05, 4.69) is 10.6 Å². The van der Waals surface area contributed by atoms with Crippen molar-refractivity contribution in [1.82, 2.24) is 10.6 Å². The molecule has 2 amide bonds. The minimum absolute atomic E-state index is 0.188. The summed E-state index contributed by atoms with van der Waals surface area (Å²) in [7, 11) is 0. The van der Waals surface area contributed by atoms with Gasteiger partial charge in [-0.25, -0.2) is 0 Å². The van der Waals surface area contributed by atoms with Gasteiger partial charge in [-0.2, -0.15) is 0 Å². The maximum Gasteiger partial charge on any atom is 0.325 e. The van der Waals surface area contributed by atoms with Crippen LogP contribution in [0.3, 0.4) is 0 Å². The highest BCUT2D eigenvalue weighted by Crippen LogP contribution is 2.20. The molecule has 0 spiro atoms. The number of carbonyl (C=O) groups excluding carboxylic acids is 3. The summed E-state index contributed by atoms with van der Waals surface area (Å²) in [6.07, 6.45) is 0. The second-order valence-corrected chi connectivity index (χ2v) is 6.00. The van der Waals surface area contributed by atoms with Crippen LogP contribution in [0.25, 0.3) is 0 Å². The molecule has 0 atom stereocenters. The molecule has 23 heavy (non-hydrogen) atoms. The smallest absolute Gasteiger partial charge is 0.325 e. The molecule has 1 rings (SSSR count). The Balaban J connectivity index is 2.35. The highest BCUT2D eigenvalue weighted by molar-refractivity contribution is 6.36. The van der Waals surface area contributed by atoms with Gasteiger partial charge in [-0.1, -0.05) is 37.0 Å². The lowest BCUT2D eigenvalue weighted by Gasteiger charge is -2.09. The molecule has 0 unspecified atom stereocenters. The summed E-state index contributed by atoms with van der Waals surface area (Å²) in [5, 5.41) is 5.35. The van der Waals surface area contributed by atoms with Crippen molar-refractivity contribution >= 4 is 41.0 Å². The van der Waals surface area contributed by atoms with Crippen LogP contribution in [0.1, 0.15) is 24.2 Å². The number of hydrogen-bond acceptors (Lipinski definition) is 4. The maximum atomic E-state index is 11.9. The molecule has 0 aliphatic rings. The molecule has 1 aromatic rings. The van der Waals surface area contributed by atoms with Gasteiger partial charge in [0.05, 0.1) is 23.7 Å². The van der Waals surface area contributed by atoms with Crippen LogP contribution in [0.2, 0.25) is 10.0 Å². The SMILES string of the molecule is CC(C)COC(=O)CNC(=O)CNC(=O)c1ccc(Cl)cc1Cl. The maximum absolute atomic E-state index is 11.9. The number of carbonyl (C=O) groups is 3. The zero-order valence-electron chi connectivity index (χ0n) is 12.8. The van der Waals surface area contributed by atoms with Gasteiger partial charge in [-0.3, -0.25) is 14.4 Å². The summed E-state index contributed by atoms with van der Waals surface area (Å²) < 4.78 is 4.90. The second-order valence-electron chi connectivity index (χ2n) is 5.16. The third kappa shape index (κ3) is 7.34. The van der Waals surface area contributed by atoms with Crippen molar-refractivity contribution in [2.45, 2.75) is 13.8 Å². The number of nitrogens with one attached hydrogen (secondary N) is 2. The molecule has 0 heterocycles. The van der Waals surface area contributed by atoms with Gasteiger partial charge in [0.25, 0.3) is 5.91 Å². The third-order valence-corrected chi connectivity index (χ3v) is 3.14. The molecule has 0 aliphatic heterocycles. The van der Waals surface area contributed by atoms with Crippen molar-refractivity contribution in [3.8, 4) is 0 Å². The van der Waals surface area contributed by atoms with Crippen molar-refractivity contribution in [2.24, 2.45) is 5.92 Å². The zero-order valence-corrected chi connectivity index (χ0v) is 14.3. The van der Waals surface area contributed by atoms with Gasteiger partial charge in [0.1, 0.15) is 6.54 Å². The Bertz CT molecular complexity index is 591. The summed E-state index contributed by atoms with van der Waals surface area (Å²) in [5.74, 6) is -1.33. The largest absolute Gasteiger partial charge is 0.464 e. The van der Waals surface area contributed by atoms with Crippen LogP contribution in [-0.4, -0.2) is 37.5 Å². The lowest BCUT2D eigenvalue weighted by molar-refractivity contribution is -0.144. The second kappa shape index (κ2) is 9.37. The van der Waals surface area contributed by atoms with Crippen molar-refractivity contribution in [1.29, 1.82) is 0 Å². The van der Waals surface area contributed by atoms with Crippen molar-refractivity contribution in [3.63, 3.8) is 0 Å². The van der Waals surface area contributed by atoms with Crippen molar-refractivity contribution in [2.75, 3.05) is 19.7 Å². The van der Waals surface area contributed by atoms with Crippen LogP contribution < -0.4 is 10.6 Å². The molecule has 2 N–H and O–H groups in total. The van der Waals surface area contributed by atoms with Crippen LogP contribution in [0.15, 0.2) is 18.2 Å². The van der Waals surface area contributed by atoms with E-state index in [9.17, 15) is 14.4 Å². The number of halogens is 2. The molecular formula is C15H18Cl2N2O4. The minimum Gasteiger partial charge on any atom is -0.464 e. The number of esters is 1. The fraction of sp³-hybridized carbons (Fsp3) is 0.400. The van der Waals surface area contributed by atoms with E-state index in [1.54, 1.807) is 0 Å². The number of hydrogen-bond donors (Lipinski definition) is 2. The monoisotopic (exact) mass is 360 g/mol. The molecule has 0 radical (unpaired) electrons. The number of rotatable bonds is 7. The van der Waals surface area contributed by atoms with Crippen LogP contribution in [-0.2, 0) is 14.3 Å². The lowest BCUT2D eigenvalue weighted by Crippen LogP contribution is -2.39.